The van der Waals surface area contributed by atoms with Crippen molar-refractivity contribution in [3.63, 3.8) is 0 Å². The van der Waals surface area contributed by atoms with Gasteiger partial charge in [0, 0.05) is 17.3 Å². The van der Waals surface area contributed by atoms with E-state index in [9.17, 15) is 20.1 Å². The monoisotopic (exact) mass is 396 g/mol. The van der Waals surface area contributed by atoms with Gasteiger partial charge in [-0.3, -0.25) is 0 Å². The molecule has 0 amide bonds. The molecular weight excluding hydrogens is 368 g/mol. The van der Waals surface area contributed by atoms with E-state index in [1.54, 1.807) is 6.92 Å². The molecule has 0 aromatic rings. The summed E-state index contributed by atoms with van der Waals surface area (Å²) >= 11 is 0. The van der Waals surface area contributed by atoms with Gasteiger partial charge in [-0.25, -0.2) is 4.79 Å². The SMILES string of the molecule is C[C@@H]1COC2C(O)C34C5OC(=O)[C@]3(OC3OCCC34[C@H](C(C)(C)C)[C@H]5O)[C@]21O. The number of rotatable bonds is 0. The molecule has 0 bridgehead atoms. The molecule has 6 fully saturated rings. The van der Waals surface area contributed by atoms with E-state index in [1.807, 2.05) is 20.8 Å². The summed E-state index contributed by atoms with van der Waals surface area (Å²) in [4.78, 5) is 13.4. The molecule has 6 unspecified atom stereocenters. The molecule has 0 aromatic heterocycles. The Morgan fingerprint density at radius 1 is 1.14 bits per heavy atom. The minimum Gasteiger partial charge on any atom is -0.456 e. The molecule has 156 valence electrons. The molecule has 0 aromatic carbocycles. The maximum absolute atomic E-state index is 13.4. The number of esters is 1. The standard InChI is InChI=1S/C20H28O8/c1-8-7-26-13-11(22)18-12-9(21)10(16(2,3)4)17(18)5-6-25-15(17)28-20(18,14(23)27-12)19(8,13)24/h8-13,15,21-22,24H,5-7H2,1-4H3/t8-,9-,10+,11?,12?,13?,15?,17?,18?,19-,20-/m1/s1. The molecule has 2 spiro atoms. The predicted molar refractivity (Wildman–Crippen MR) is 91.7 cm³/mol. The molecule has 4 heterocycles. The molecule has 2 saturated carbocycles. The molecule has 11 atom stereocenters. The summed E-state index contributed by atoms with van der Waals surface area (Å²) in [5.74, 6) is -1.51. The van der Waals surface area contributed by atoms with Gasteiger partial charge in [0.15, 0.2) is 6.29 Å². The van der Waals surface area contributed by atoms with Gasteiger partial charge in [0.1, 0.15) is 17.8 Å². The van der Waals surface area contributed by atoms with Crippen LogP contribution in [0.2, 0.25) is 0 Å². The van der Waals surface area contributed by atoms with Crippen LogP contribution in [-0.4, -0.2) is 76.4 Å². The number of hydrogen-bond acceptors (Lipinski definition) is 8. The van der Waals surface area contributed by atoms with E-state index in [-0.39, 0.29) is 17.9 Å². The van der Waals surface area contributed by atoms with Crippen LogP contribution in [0.4, 0.5) is 0 Å². The lowest BCUT2D eigenvalue weighted by Crippen LogP contribution is -2.65. The summed E-state index contributed by atoms with van der Waals surface area (Å²) < 4.78 is 23.9. The zero-order valence-electron chi connectivity index (χ0n) is 16.5. The van der Waals surface area contributed by atoms with E-state index in [0.29, 0.717) is 13.0 Å². The van der Waals surface area contributed by atoms with E-state index in [2.05, 4.69) is 0 Å². The fraction of sp³-hybridized carbons (Fsp3) is 0.950. The Morgan fingerprint density at radius 2 is 1.86 bits per heavy atom. The van der Waals surface area contributed by atoms with Gasteiger partial charge in [0.25, 0.3) is 0 Å². The number of fused-ring (bicyclic) bond motifs is 1. The highest BCUT2D eigenvalue weighted by molar-refractivity contribution is 5.89. The topological polar surface area (TPSA) is 115 Å². The number of aliphatic hydroxyl groups excluding tert-OH is 2. The fourth-order valence-electron chi connectivity index (χ4n) is 8.51. The average Bonchev–Trinajstić information content (AvgIpc) is 3.31. The first-order valence-electron chi connectivity index (χ1n) is 10.2. The Balaban J connectivity index is 1.71. The van der Waals surface area contributed by atoms with Gasteiger partial charge in [-0.05, 0) is 11.8 Å². The van der Waals surface area contributed by atoms with E-state index < -0.39 is 64.6 Å². The maximum atomic E-state index is 13.4. The third kappa shape index (κ3) is 1.29. The Kier molecular flexibility index (Phi) is 2.96. The number of carbonyl (C=O) groups is 1. The van der Waals surface area contributed by atoms with Crippen LogP contribution in [0.25, 0.3) is 0 Å². The molecule has 8 heteroatoms. The molecule has 3 N–H and O–H groups in total. The van der Waals surface area contributed by atoms with Crippen molar-refractivity contribution in [2.75, 3.05) is 13.2 Å². The summed E-state index contributed by atoms with van der Waals surface area (Å²) in [7, 11) is 0. The fourth-order valence-corrected chi connectivity index (χ4v) is 8.51. The van der Waals surface area contributed by atoms with E-state index in [1.165, 1.54) is 0 Å². The molecule has 8 nitrogen and oxygen atoms in total. The minimum absolute atomic E-state index is 0.209. The molecule has 0 radical (unpaired) electrons. The Labute approximate surface area is 163 Å². The zero-order valence-corrected chi connectivity index (χ0v) is 16.5. The first kappa shape index (κ1) is 18.0. The predicted octanol–water partition coefficient (Wildman–Crippen LogP) is -0.423. The van der Waals surface area contributed by atoms with Crippen LogP contribution in [0.5, 0.6) is 0 Å². The lowest BCUT2D eigenvalue weighted by atomic mass is 9.52. The summed E-state index contributed by atoms with van der Waals surface area (Å²) in [5.41, 5.74) is -6.10. The van der Waals surface area contributed by atoms with E-state index >= 15 is 0 Å². The summed E-state index contributed by atoms with van der Waals surface area (Å²) in [6, 6.07) is 0. The first-order chi connectivity index (χ1) is 13.0. The minimum atomic E-state index is -1.81. The van der Waals surface area contributed by atoms with Gasteiger partial charge in [-0.1, -0.05) is 27.7 Å². The third-order valence-electron chi connectivity index (χ3n) is 8.98. The van der Waals surface area contributed by atoms with Crippen molar-refractivity contribution in [1.82, 2.24) is 0 Å². The second-order valence-electron chi connectivity index (χ2n) is 10.7. The third-order valence-corrected chi connectivity index (χ3v) is 8.98. The molecule has 4 aliphatic heterocycles. The van der Waals surface area contributed by atoms with Crippen molar-refractivity contribution in [3.8, 4) is 0 Å². The number of aliphatic hydroxyl groups is 3. The second kappa shape index (κ2) is 4.60. The molecule has 4 saturated heterocycles. The summed E-state index contributed by atoms with van der Waals surface area (Å²) in [6.45, 7) is 8.48. The maximum Gasteiger partial charge on any atom is 0.342 e. The normalized spacial score (nSPS) is 64.0. The number of ether oxygens (including phenoxy) is 4. The van der Waals surface area contributed by atoms with Gasteiger partial charge in [0.05, 0.1) is 30.8 Å². The van der Waals surface area contributed by atoms with Gasteiger partial charge < -0.3 is 34.3 Å². The van der Waals surface area contributed by atoms with E-state index in [4.69, 9.17) is 18.9 Å². The smallest absolute Gasteiger partial charge is 0.342 e. The number of hydrogen-bond donors (Lipinski definition) is 3. The zero-order chi connectivity index (χ0) is 20.1. The van der Waals surface area contributed by atoms with Gasteiger partial charge in [0.2, 0.25) is 5.60 Å². The highest BCUT2D eigenvalue weighted by Crippen LogP contribution is 2.84. The van der Waals surface area contributed by atoms with Crippen LogP contribution < -0.4 is 0 Å². The molecule has 2 aliphatic carbocycles. The van der Waals surface area contributed by atoms with Crippen LogP contribution in [0.15, 0.2) is 0 Å². The lowest BCUT2D eigenvalue weighted by Gasteiger charge is -2.47. The van der Waals surface area contributed by atoms with Crippen molar-refractivity contribution in [2.24, 2.45) is 28.1 Å². The van der Waals surface area contributed by atoms with Crippen LogP contribution >= 0.6 is 0 Å². The van der Waals surface area contributed by atoms with Crippen LogP contribution in [-0.2, 0) is 23.7 Å². The first-order valence-corrected chi connectivity index (χ1v) is 10.2. The summed E-state index contributed by atoms with van der Waals surface area (Å²) in [5, 5.41) is 35.0. The second-order valence-corrected chi connectivity index (χ2v) is 10.7. The average molecular weight is 396 g/mol. The Morgan fingerprint density at radius 3 is 2.54 bits per heavy atom. The van der Waals surface area contributed by atoms with Gasteiger partial charge >= 0.3 is 5.97 Å². The quantitative estimate of drug-likeness (QED) is 0.473. The van der Waals surface area contributed by atoms with Crippen molar-refractivity contribution < 1.29 is 39.1 Å². The highest BCUT2D eigenvalue weighted by Gasteiger charge is 3.02. The van der Waals surface area contributed by atoms with Gasteiger partial charge in [-0.15, -0.1) is 0 Å². The molecule has 6 rings (SSSR count). The largest absolute Gasteiger partial charge is 0.456 e. The van der Waals surface area contributed by atoms with E-state index in [0.717, 1.165) is 0 Å². The van der Waals surface area contributed by atoms with Crippen LogP contribution in [0.1, 0.15) is 34.1 Å². The van der Waals surface area contributed by atoms with Crippen molar-refractivity contribution >= 4 is 5.97 Å². The molecule has 28 heavy (non-hydrogen) atoms. The molecule has 6 aliphatic rings. The van der Waals surface area contributed by atoms with Crippen molar-refractivity contribution in [3.05, 3.63) is 0 Å². The van der Waals surface area contributed by atoms with Crippen molar-refractivity contribution in [2.45, 2.75) is 76.0 Å². The van der Waals surface area contributed by atoms with Crippen LogP contribution in [0.3, 0.4) is 0 Å². The van der Waals surface area contributed by atoms with Crippen LogP contribution in [0, 0.1) is 28.1 Å². The lowest BCUT2D eigenvalue weighted by molar-refractivity contribution is -0.241. The molecular formula is C20H28O8. The summed E-state index contributed by atoms with van der Waals surface area (Å²) in [6.07, 6.45) is -4.44. The van der Waals surface area contributed by atoms with Crippen molar-refractivity contribution in [1.29, 1.82) is 0 Å². The number of carbonyl (C=O) groups excluding carboxylic acids is 1. The Bertz CT molecular complexity index is 779. The van der Waals surface area contributed by atoms with Gasteiger partial charge in [-0.2, -0.15) is 0 Å². The Hall–Kier alpha value is -0.770. The highest BCUT2D eigenvalue weighted by atomic mass is 16.7.